The summed E-state index contributed by atoms with van der Waals surface area (Å²) in [6.45, 7) is 3.30. The average molecular weight is 618 g/mol. The van der Waals surface area contributed by atoms with Crippen LogP contribution in [0.15, 0.2) is 58.7 Å². The van der Waals surface area contributed by atoms with Gasteiger partial charge in [0.1, 0.15) is 11.6 Å². The molecule has 2 aromatic carbocycles. The molecule has 0 unspecified atom stereocenters. The maximum Gasteiger partial charge on any atom is 0.183 e. The Morgan fingerprint density at radius 3 is 1.34 bits per heavy atom. The van der Waals surface area contributed by atoms with E-state index in [2.05, 4.69) is 45.5 Å². The quantitative estimate of drug-likeness (QED) is 0.181. The van der Waals surface area contributed by atoms with Crippen molar-refractivity contribution < 1.29 is 29.8 Å². The van der Waals surface area contributed by atoms with Crippen molar-refractivity contribution in [2.24, 2.45) is 21.7 Å². The Labute approximate surface area is 193 Å². The average Bonchev–Trinajstić information content (AvgIpc) is 2.65. The summed E-state index contributed by atoms with van der Waals surface area (Å²) in [7, 11) is 0. The largest absolute Gasteiger partial charge is 0.515 e. The summed E-state index contributed by atoms with van der Waals surface area (Å²) in [5, 5.41) is 7.52. The van der Waals surface area contributed by atoms with E-state index < -0.39 is 0 Å². The van der Waals surface area contributed by atoms with Gasteiger partial charge in [0.25, 0.3) is 0 Å². The Morgan fingerprint density at radius 2 is 1.07 bits per heavy atom. The van der Waals surface area contributed by atoms with Crippen molar-refractivity contribution in [3.8, 4) is 0 Å². The topological polar surface area (TPSA) is 105 Å². The fourth-order valence-corrected chi connectivity index (χ4v) is 1.96. The molecule has 0 saturated heterocycles. The molecule has 0 aliphatic heterocycles. The molecule has 2 rings (SSSR count). The van der Waals surface area contributed by atoms with Gasteiger partial charge in [-0.2, -0.15) is 0 Å². The van der Waals surface area contributed by atoms with Gasteiger partial charge in [-0.1, -0.05) is 36.4 Å². The van der Waals surface area contributed by atoms with E-state index in [0.717, 1.165) is 0 Å². The van der Waals surface area contributed by atoms with Crippen molar-refractivity contribution in [3.63, 3.8) is 0 Å². The molecule has 158 valence electrons. The summed E-state index contributed by atoms with van der Waals surface area (Å²) >= 11 is 7.48. The van der Waals surface area contributed by atoms with E-state index in [4.69, 9.17) is 11.5 Å². The van der Waals surface area contributed by atoms with Gasteiger partial charge in [0.15, 0.2) is 34.7 Å². The van der Waals surface area contributed by atoms with Crippen LogP contribution in [-0.4, -0.2) is 21.6 Å². The standard InChI is InChI=1S/2C9H10FN3S.Pt/c2*1-6(12-13-9(11)14)7-4-2-3-5-8(7)10;/h2*2-5H,1H3,(H3,11,13,14);/b2*12-6+;. The second-order valence-corrected chi connectivity index (χ2v) is 6.16. The van der Waals surface area contributed by atoms with Crippen LogP contribution in [0.5, 0.6) is 0 Å². The molecule has 6 nitrogen and oxygen atoms in total. The SMILES string of the molecule is C/C(=N\[N-]C(N)=[SH+])c1ccccc1F.C/C(=N\[N-]C(N)=[SH+])c1ccccc1F.[Pt]. The molecule has 0 aliphatic rings. The number of benzene rings is 2. The molecule has 2 aromatic rings. The number of halogens is 2. The van der Waals surface area contributed by atoms with Crippen LogP contribution in [0.3, 0.4) is 0 Å². The third kappa shape index (κ3) is 10.4. The monoisotopic (exact) mass is 617 g/mol. The van der Waals surface area contributed by atoms with E-state index in [1.807, 2.05) is 0 Å². The maximum atomic E-state index is 13.2. The van der Waals surface area contributed by atoms with E-state index in [-0.39, 0.29) is 42.9 Å². The van der Waals surface area contributed by atoms with E-state index in [9.17, 15) is 8.78 Å². The fourth-order valence-electron chi connectivity index (χ4n) is 1.87. The van der Waals surface area contributed by atoms with Crippen LogP contribution in [0, 0.1) is 11.6 Å². The second-order valence-electron chi connectivity index (χ2n) is 5.25. The molecular formula is C18H20F2N6PtS2. The smallest absolute Gasteiger partial charge is 0.183 e. The zero-order valence-electron chi connectivity index (χ0n) is 15.5. The van der Waals surface area contributed by atoms with Crippen molar-refractivity contribution >= 4 is 46.1 Å². The third-order valence-corrected chi connectivity index (χ3v) is 3.31. The van der Waals surface area contributed by atoms with Crippen molar-refractivity contribution in [3.05, 3.63) is 82.1 Å². The van der Waals surface area contributed by atoms with Gasteiger partial charge in [0, 0.05) is 43.6 Å². The van der Waals surface area contributed by atoms with Gasteiger partial charge >= 0.3 is 0 Å². The molecule has 0 aromatic heterocycles. The second kappa shape index (κ2) is 14.1. The molecule has 0 fully saturated rings. The van der Waals surface area contributed by atoms with Gasteiger partial charge in [-0.15, -0.1) is 0 Å². The number of nitrogens with zero attached hydrogens (tertiary/aromatic N) is 4. The Morgan fingerprint density at radius 1 is 0.759 bits per heavy atom. The van der Waals surface area contributed by atoms with E-state index in [1.54, 1.807) is 50.2 Å². The Kier molecular flexibility index (Phi) is 13.1. The molecule has 0 saturated carbocycles. The van der Waals surface area contributed by atoms with Crippen LogP contribution in [0.1, 0.15) is 25.0 Å². The molecule has 0 spiro atoms. The first-order valence-corrected chi connectivity index (χ1v) is 8.75. The van der Waals surface area contributed by atoms with E-state index in [0.29, 0.717) is 22.6 Å². The van der Waals surface area contributed by atoms with Crippen LogP contribution in [-0.2, 0) is 45.5 Å². The number of nitrogens with two attached hydrogens (primary N) is 2. The van der Waals surface area contributed by atoms with Crippen molar-refractivity contribution in [1.29, 1.82) is 0 Å². The molecule has 0 bridgehead atoms. The van der Waals surface area contributed by atoms with Crippen LogP contribution in [0.2, 0.25) is 0 Å². The predicted molar refractivity (Wildman–Crippen MR) is 120 cm³/mol. The minimum atomic E-state index is -0.332. The molecule has 0 aliphatic carbocycles. The molecule has 11 heteroatoms. The Hall–Kier alpha value is -1.97. The van der Waals surface area contributed by atoms with Gasteiger partial charge in [-0.25, -0.2) is 8.78 Å². The zero-order chi connectivity index (χ0) is 21.1. The first kappa shape index (κ1) is 27.0. The van der Waals surface area contributed by atoms with Crippen molar-refractivity contribution in [1.82, 2.24) is 0 Å². The van der Waals surface area contributed by atoms with Crippen LogP contribution >= 0.6 is 0 Å². The first-order chi connectivity index (χ1) is 13.2. The minimum absolute atomic E-state index is 0. The van der Waals surface area contributed by atoms with E-state index in [1.165, 1.54) is 12.1 Å². The molecule has 0 heterocycles. The summed E-state index contributed by atoms with van der Waals surface area (Å²) in [5.74, 6) is -0.664. The molecule has 29 heavy (non-hydrogen) atoms. The van der Waals surface area contributed by atoms with Gasteiger partial charge in [0.2, 0.25) is 0 Å². The van der Waals surface area contributed by atoms with Crippen LogP contribution in [0.4, 0.5) is 8.78 Å². The number of thiol groups is 2. The Bertz CT molecular complexity index is 832. The minimum Gasteiger partial charge on any atom is -0.515 e. The van der Waals surface area contributed by atoms with Crippen molar-refractivity contribution in [2.45, 2.75) is 13.8 Å². The molecule has 4 N–H and O–H groups in total. The summed E-state index contributed by atoms with van der Waals surface area (Å²) in [4.78, 5) is 0. The number of rotatable bonds is 4. The van der Waals surface area contributed by atoms with Gasteiger partial charge < -0.3 is 21.1 Å². The number of hydrogen-bond donors (Lipinski definition) is 2. The summed E-state index contributed by atoms with van der Waals surface area (Å²) in [6, 6.07) is 12.7. The fraction of sp³-hybridized carbons (Fsp3) is 0.111. The zero-order valence-corrected chi connectivity index (χ0v) is 19.6. The van der Waals surface area contributed by atoms with Gasteiger partial charge in [-0.3, -0.25) is 11.5 Å². The van der Waals surface area contributed by atoms with Gasteiger partial charge in [0.05, 0.1) is 0 Å². The number of hydrogen-bond acceptors (Lipinski definition) is 2. The van der Waals surface area contributed by atoms with Crippen LogP contribution < -0.4 is 11.5 Å². The van der Waals surface area contributed by atoms with Crippen LogP contribution in [0.25, 0.3) is 10.9 Å². The molecule has 0 amide bonds. The molecular weight excluding hydrogens is 597 g/mol. The normalized spacial score (nSPS) is 10.8. The van der Waals surface area contributed by atoms with Crippen molar-refractivity contribution in [2.75, 3.05) is 0 Å². The molecule has 0 radical (unpaired) electrons. The third-order valence-electron chi connectivity index (χ3n) is 3.13. The summed E-state index contributed by atoms with van der Waals surface area (Å²) < 4.78 is 26.4. The first-order valence-electron chi connectivity index (χ1n) is 7.85. The summed E-state index contributed by atoms with van der Waals surface area (Å²) in [5.41, 5.74) is 19.1. The maximum absolute atomic E-state index is 13.2. The summed E-state index contributed by atoms with van der Waals surface area (Å²) in [6.07, 6.45) is 0. The van der Waals surface area contributed by atoms with E-state index >= 15 is 0 Å². The predicted octanol–water partition coefficient (Wildman–Crippen LogP) is 2.49. The van der Waals surface area contributed by atoms with Gasteiger partial charge in [-0.05, 0) is 26.0 Å². The molecule has 0 atom stereocenters. The Balaban J connectivity index is 0.000000523.